The molecule has 0 heterocycles. The first-order valence-electron chi connectivity index (χ1n) is 5.75. The minimum atomic E-state index is -0.417. The van der Waals surface area contributed by atoms with E-state index < -0.39 is 6.10 Å². The molecule has 0 aliphatic carbocycles. The van der Waals surface area contributed by atoms with E-state index in [1.54, 1.807) is 23.9 Å². The number of halogens is 1. The van der Waals surface area contributed by atoms with Gasteiger partial charge in [0.2, 0.25) is 0 Å². The largest absolute Gasteiger partial charge is 0.494 e. The molecule has 0 saturated carbocycles. The third kappa shape index (κ3) is 4.96. The second-order valence-corrected chi connectivity index (χ2v) is 5.05. The summed E-state index contributed by atoms with van der Waals surface area (Å²) in [7, 11) is 1.44. The van der Waals surface area contributed by atoms with Crippen molar-refractivity contribution in [3.05, 3.63) is 29.6 Å². The molecule has 1 atom stereocenters. The lowest BCUT2D eigenvalue weighted by Gasteiger charge is -2.11. The highest BCUT2D eigenvalue weighted by atomic mass is 32.2. The summed E-state index contributed by atoms with van der Waals surface area (Å²) < 4.78 is 18.2. The van der Waals surface area contributed by atoms with Crippen LogP contribution in [0.4, 0.5) is 4.39 Å². The molecule has 0 bridgehead atoms. The second kappa shape index (κ2) is 7.56. The van der Waals surface area contributed by atoms with Crippen molar-refractivity contribution in [3.8, 4) is 5.75 Å². The van der Waals surface area contributed by atoms with E-state index in [0.717, 1.165) is 17.7 Å². The van der Waals surface area contributed by atoms with Crippen LogP contribution in [-0.4, -0.2) is 29.8 Å². The zero-order valence-electron chi connectivity index (χ0n) is 10.3. The molecule has 0 fully saturated rings. The standard InChI is InChI=1S/C13H19FO2S/c1-3-6-17-9-11(15)7-10-4-5-13(16-2)12(14)8-10/h4-5,8,11,15H,3,6-7,9H2,1-2H3. The number of hydrogen-bond donors (Lipinski definition) is 1. The average Bonchev–Trinajstić information content (AvgIpc) is 2.29. The van der Waals surface area contributed by atoms with Gasteiger partial charge in [0.05, 0.1) is 13.2 Å². The maximum Gasteiger partial charge on any atom is 0.165 e. The van der Waals surface area contributed by atoms with Crippen LogP contribution in [0.15, 0.2) is 18.2 Å². The van der Waals surface area contributed by atoms with Gasteiger partial charge in [-0.05, 0) is 36.3 Å². The van der Waals surface area contributed by atoms with Crippen LogP contribution in [-0.2, 0) is 6.42 Å². The number of aliphatic hydroxyl groups excluding tert-OH is 1. The molecule has 2 nitrogen and oxygen atoms in total. The van der Waals surface area contributed by atoms with E-state index in [-0.39, 0.29) is 11.6 Å². The molecular formula is C13H19FO2S. The molecule has 0 aromatic heterocycles. The minimum absolute atomic E-state index is 0.239. The molecule has 1 N–H and O–H groups in total. The predicted molar refractivity (Wildman–Crippen MR) is 70.3 cm³/mol. The van der Waals surface area contributed by atoms with Gasteiger partial charge < -0.3 is 9.84 Å². The number of benzene rings is 1. The Morgan fingerprint density at radius 2 is 2.24 bits per heavy atom. The van der Waals surface area contributed by atoms with Crippen molar-refractivity contribution in [2.24, 2.45) is 0 Å². The Morgan fingerprint density at radius 3 is 2.82 bits per heavy atom. The zero-order chi connectivity index (χ0) is 12.7. The Labute approximate surface area is 106 Å². The molecule has 1 aromatic rings. The Morgan fingerprint density at radius 1 is 1.47 bits per heavy atom. The summed E-state index contributed by atoms with van der Waals surface area (Å²) in [5, 5.41) is 9.77. The second-order valence-electron chi connectivity index (χ2n) is 3.90. The fourth-order valence-corrected chi connectivity index (χ4v) is 2.38. The van der Waals surface area contributed by atoms with Gasteiger partial charge in [0.15, 0.2) is 11.6 Å². The maximum atomic E-state index is 13.4. The van der Waals surface area contributed by atoms with Gasteiger partial charge in [0.25, 0.3) is 0 Å². The number of hydrogen-bond acceptors (Lipinski definition) is 3. The lowest BCUT2D eigenvalue weighted by molar-refractivity contribution is 0.200. The third-order valence-electron chi connectivity index (χ3n) is 2.35. The van der Waals surface area contributed by atoms with Gasteiger partial charge in [-0.15, -0.1) is 0 Å². The van der Waals surface area contributed by atoms with E-state index in [0.29, 0.717) is 12.2 Å². The number of thioether (sulfide) groups is 1. The molecule has 17 heavy (non-hydrogen) atoms. The summed E-state index contributed by atoms with van der Waals surface area (Å²) in [4.78, 5) is 0. The van der Waals surface area contributed by atoms with Crippen molar-refractivity contribution in [2.45, 2.75) is 25.9 Å². The smallest absolute Gasteiger partial charge is 0.165 e. The first-order chi connectivity index (χ1) is 8.17. The van der Waals surface area contributed by atoms with Crippen molar-refractivity contribution in [3.63, 3.8) is 0 Å². The van der Waals surface area contributed by atoms with Crippen LogP contribution in [0.1, 0.15) is 18.9 Å². The summed E-state index contributed by atoms with van der Waals surface area (Å²) in [5.41, 5.74) is 0.799. The van der Waals surface area contributed by atoms with Gasteiger partial charge in [0.1, 0.15) is 0 Å². The van der Waals surface area contributed by atoms with Crippen LogP contribution in [0.2, 0.25) is 0 Å². The van der Waals surface area contributed by atoms with Crippen LogP contribution in [0.25, 0.3) is 0 Å². The molecule has 96 valence electrons. The van der Waals surface area contributed by atoms with Gasteiger partial charge in [-0.25, -0.2) is 4.39 Å². The number of ether oxygens (including phenoxy) is 1. The van der Waals surface area contributed by atoms with E-state index in [4.69, 9.17) is 4.74 Å². The molecule has 4 heteroatoms. The zero-order valence-corrected chi connectivity index (χ0v) is 11.1. The van der Waals surface area contributed by atoms with Gasteiger partial charge in [-0.1, -0.05) is 13.0 Å². The summed E-state index contributed by atoms with van der Waals surface area (Å²) in [6, 6.07) is 4.80. The molecule has 1 unspecified atom stereocenters. The molecule has 0 spiro atoms. The molecule has 0 aliphatic rings. The van der Waals surface area contributed by atoms with Gasteiger partial charge >= 0.3 is 0 Å². The molecular weight excluding hydrogens is 239 g/mol. The van der Waals surface area contributed by atoms with Crippen LogP contribution in [0.5, 0.6) is 5.75 Å². The highest BCUT2D eigenvalue weighted by Crippen LogP contribution is 2.19. The summed E-state index contributed by atoms with van der Waals surface area (Å²) in [6.07, 6.45) is 1.17. The normalized spacial score (nSPS) is 12.5. The van der Waals surface area contributed by atoms with Crippen LogP contribution in [0, 0.1) is 5.82 Å². The Bertz CT molecular complexity index is 344. The average molecular weight is 258 g/mol. The molecule has 1 rings (SSSR count). The fraction of sp³-hybridized carbons (Fsp3) is 0.538. The maximum absolute atomic E-state index is 13.4. The number of methoxy groups -OCH3 is 1. The van der Waals surface area contributed by atoms with Crippen molar-refractivity contribution < 1.29 is 14.2 Å². The minimum Gasteiger partial charge on any atom is -0.494 e. The van der Waals surface area contributed by atoms with E-state index in [2.05, 4.69) is 6.92 Å². The Kier molecular flexibility index (Phi) is 6.37. The van der Waals surface area contributed by atoms with Crippen molar-refractivity contribution in [1.82, 2.24) is 0 Å². The predicted octanol–water partition coefficient (Wildman–Crippen LogP) is 2.88. The monoisotopic (exact) mass is 258 g/mol. The molecule has 0 amide bonds. The summed E-state index contributed by atoms with van der Waals surface area (Å²) >= 11 is 1.72. The summed E-state index contributed by atoms with van der Waals surface area (Å²) in [5.74, 6) is 1.61. The topological polar surface area (TPSA) is 29.5 Å². The van der Waals surface area contributed by atoms with E-state index in [9.17, 15) is 9.50 Å². The molecule has 0 radical (unpaired) electrons. The van der Waals surface area contributed by atoms with E-state index in [1.807, 2.05) is 0 Å². The van der Waals surface area contributed by atoms with Crippen LogP contribution >= 0.6 is 11.8 Å². The number of rotatable bonds is 7. The van der Waals surface area contributed by atoms with Crippen LogP contribution < -0.4 is 4.74 Å². The Hall–Kier alpha value is -0.740. The highest BCUT2D eigenvalue weighted by molar-refractivity contribution is 7.99. The van der Waals surface area contributed by atoms with Crippen molar-refractivity contribution >= 4 is 11.8 Å². The van der Waals surface area contributed by atoms with Crippen molar-refractivity contribution in [1.29, 1.82) is 0 Å². The molecule has 1 aromatic carbocycles. The Balaban J connectivity index is 2.48. The molecule has 0 saturated heterocycles. The number of aliphatic hydroxyl groups is 1. The first kappa shape index (κ1) is 14.3. The third-order valence-corrected chi connectivity index (χ3v) is 3.66. The van der Waals surface area contributed by atoms with Gasteiger partial charge in [0, 0.05) is 5.75 Å². The first-order valence-corrected chi connectivity index (χ1v) is 6.91. The molecule has 0 aliphatic heterocycles. The van der Waals surface area contributed by atoms with Gasteiger partial charge in [-0.3, -0.25) is 0 Å². The van der Waals surface area contributed by atoms with E-state index >= 15 is 0 Å². The fourth-order valence-electron chi connectivity index (χ4n) is 1.53. The SMILES string of the molecule is CCCSCC(O)Cc1ccc(OC)c(F)c1. The van der Waals surface area contributed by atoms with Gasteiger partial charge in [-0.2, -0.15) is 11.8 Å². The lowest BCUT2D eigenvalue weighted by Crippen LogP contribution is -2.14. The lowest BCUT2D eigenvalue weighted by atomic mass is 10.1. The van der Waals surface area contributed by atoms with E-state index in [1.165, 1.54) is 13.2 Å². The highest BCUT2D eigenvalue weighted by Gasteiger charge is 2.08. The summed E-state index contributed by atoms with van der Waals surface area (Å²) in [6.45, 7) is 2.11. The quantitative estimate of drug-likeness (QED) is 0.763. The van der Waals surface area contributed by atoms with Crippen molar-refractivity contribution in [2.75, 3.05) is 18.6 Å². The van der Waals surface area contributed by atoms with Crippen LogP contribution in [0.3, 0.4) is 0 Å².